The second-order valence-corrected chi connectivity index (χ2v) is 7.38. The SMILES string of the molecule is CCc1ccc(C)cc1.Cc1ccc(C(C)(C)c2ccc(O)cc2)cc1. The molecule has 0 atom stereocenters. The number of aryl methyl sites for hydroxylation is 3. The van der Waals surface area contributed by atoms with Gasteiger partial charge in [0.2, 0.25) is 0 Å². The Kier molecular flexibility index (Phi) is 6.63. The lowest BCUT2D eigenvalue weighted by Crippen LogP contribution is -2.18. The Morgan fingerprint density at radius 2 is 1.04 bits per heavy atom. The lowest BCUT2D eigenvalue weighted by atomic mass is 9.78. The highest BCUT2D eigenvalue weighted by molar-refractivity contribution is 5.40. The van der Waals surface area contributed by atoms with Crippen LogP contribution in [0.1, 0.15) is 48.6 Å². The van der Waals surface area contributed by atoms with Gasteiger partial charge in [-0.3, -0.25) is 0 Å². The van der Waals surface area contributed by atoms with Gasteiger partial charge in [0.05, 0.1) is 0 Å². The molecule has 3 rings (SSSR count). The van der Waals surface area contributed by atoms with E-state index in [9.17, 15) is 5.11 Å². The zero-order valence-electron chi connectivity index (χ0n) is 16.6. The fraction of sp³-hybridized carbons (Fsp3) is 0.280. The topological polar surface area (TPSA) is 20.2 Å². The van der Waals surface area contributed by atoms with E-state index in [1.807, 2.05) is 12.1 Å². The molecule has 0 aliphatic heterocycles. The summed E-state index contributed by atoms with van der Waals surface area (Å²) < 4.78 is 0. The normalized spacial score (nSPS) is 10.8. The molecule has 0 fully saturated rings. The second kappa shape index (κ2) is 8.71. The van der Waals surface area contributed by atoms with Crippen molar-refractivity contribution in [3.8, 4) is 5.75 Å². The van der Waals surface area contributed by atoms with E-state index in [0.717, 1.165) is 6.42 Å². The third-order valence-corrected chi connectivity index (χ3v) is 4.89. The molecule has 0 aromatic heterocycles. The van der Waals surface area contributed by atoms with Gasteiger partial charge in [0.15, 0.2) is 0 Å². The van der Waals surface area contributed by atoms with Crippen LogP contribution in [-0.2, 0) is 11.8 Å². The standard InChI is InChI=1S/C16H18O.C9H12/c1-12-4-6-13(7-5-12)16(2,3)14-8-10-15(17)11-9-14;1-3-9-6-4-8(2)5-7-9/h4-11,17H,1-3H3;4-7H,3H2,1-2H3. The van der Waals surface area contributed by atoms with Crippen molar-refractivity contribution in [2.24, 2.45) is 0 Å². The molecular weight excluding hydrogens is 316 g/mol. The van der Waals surface area contributed by atoms with Crippen molar-refractivity contribution in [2.75, 3.05) is 0 Å². The van der Waals surface area contributed by atoms with E-state index in [-0.39, 0.29) is 5.41 Å². The Morgan fingerprint density at radius 3 is 1.46 bits per heavy atom. The summed E-state index contributed by atoms with van der Waals surface area (Å²) in [5.74, 6) is 0.313. The van der Waals surface area contributed by atoms with Crippen LogP contribution >= 0.6 is 0 Å². The minimum absolute atomic E-state index is 0.0403. The van der Waals surface area contributed by atoms with Gasteiger partial charge in [-0.1, -0.05) is 92.6 Å². The zero-order chi connectivity index (χ0) is 19.2. The van der Waals surface area contributed by atoms with Crippen LogP contribution in [0.15, 0.2) is 72.8 Å². The molecule has 1 N–H and O–H groups in total. The summed E-state index contributed by atoms with van der Waals surface area (Å²) in [6.07, 6.45) is 1.14. The van der Waals surface area contributed by atoms with Gasteiger partial charge >= 0.3 is 0 Å². The number of hydrogen-bond donors (Lipinski definition) is 1. The smallest absolute Gasteiger partial charge is 0.115 e. The first-order chi connectivity index (χ1) is 12.3. The van der Waals surface area contributed by atoms with E-state index in [1.54, 1.807) is 12.1 Å². The summed E-state index contributed by atoms with van der Waals surface area (Å²) in [6.45, 7) is 10.8. The first-order valence-electron chi connectivity index (χ1n) is 9.25. The number of benzene rings is 3. The molecule has 0 spiro atoms. The maximum absolute atomic E-state index is 9.33. The molecule has 0 aliphatic carbocycles. The number of phenolic OH excluding ortho intramolecular Hbond substituents is 1. The van der Waals surface area contributed by atoms with Gasteiger partial charge in [-0.05, 0) is 49.1 Å². The summed E-state index contributed by atoms with van der Waals surface area (Å²) in [7, 11) is 0. The van der Waals surface area contributed by atoms with Crippen molar-refractivity contribution in [1.82, 2.24) is 0 Å². The molecule has 0 heterocycles. The summed E-state index contributed by atoms with van der Waals surface area (Å²) in [6, 6.07) is 24.7. The van der Waals surface area contributed by atoms with Crippen molar-refractivity contribution >= 4 is 0 Å². The lowest BCUT2D eigenvalue weighted by molar-refractivity contribution is 0.474. The Morgan fingerprint density at radius 1 is 0.654 bits per heavy atom. The molecule has 3 aromatic rings. The minimum Gasteiger partial charge on any atom is -0.508 e. The van der Waals surface area contributed by atoms with Crippen LogP contribution in [-0.4, -0.2) is 5.11 Å². The largest absolute Gasteiger partial charge is 0.508 e. The van der Waals surface area contributed by atoms with E-state index in [0.29, 0.717) is 5.75 Å². The number of rotatable bonds is 3. The van der Waals surface area contributed by atoms with E-state index < -0.39 is 0 Å². The summed E-state index contributed by atoms with van der Waals surface area (Å²) in [4.78, 5) is 0. The Labute approximate surface area is 158 Å². The summed E-state index contributed by atoms with van der Waals surface area (Å²) in [5.41, 5.74) is 6.48. The molecule has 0 unspecified atom stereocenters. The predicted octanol–water partition coefficient (Wildman–Crippen LogP) is 6.58. The lowest BCUT2D eigenvalue weighted by Gasteiger charge is -2.26. The maximum Gasteiger partial charge on any atom is 0.115 e. The van der Waals surface area contributed by atoms with Crippen molar-refractivity contribution < 1.29 is 5.11 Å². The van der Waals surface area contributed by atoms with Crippen LogP contribution in [0.2, 0.25) is 0 Å². The molecule has 0 saturated carbocycles. The molecule has 0 amide bonds. The van der Waals surface area contributed by atoms with E-state index in [2.05, 4.69) is 83.1 Å². The molecule has 1 nitrogen and oxygen atoms in total. The number of aromatic hydroxyl groups is 1. The first-order valence-corrected chi connectivity index (χ1v) is 9.25. The van der Waals surface area contributed by atoms with Crippen LogP contribution in [0.4, 0.5) is 0 Å². The highest BCUT2D eigenvalue weighted by atomic mass is 16.3. The molecule has 0 radical (unpaired) electrons. The third-order valence-electron chi connectivity index (χ3n) is 4.89. The van der Waals surface area contributed by atoms with Crippen molar-refractivity contribution in [1.29, 1.82) is 0 Å². The van der Waals surface area contributed by atoms with Gasteiger partial charge < -0.3 is 5.11 Å². The van der Waals surface area contributed by atoms with Gasteiger partial charge in [-0.2, -0.15) is 0 Å². The van der Waals surface area contributed by atoms with Gasteiger partial charge in [0.25, 0.3) is 0 Å². The van der Waals surface area contributed by atoms with E-state index in [4.69, 9.17) is 0 Å². The maximum atomic E-state index is 9.33. The quantitative estimate of drug-likeness (QED) is 0.567. The van der Waals surface area contributed by atoms with Crippen molar-refractivity contribution in [3.63, 3.8) is 0 Å². The summed E-state index contributed by atoms with van der Waals surface area (Å²) >= 11 is 0. The van der Waals surface area contributed by atoms with Crippen LogP contribution in [0.5, 0.6) is 5.75 Å². The third kappa shape index (κ3) is 5.23. The van der Waals surface area contributed by atoms with E-state index in [1.165, 1.54) is 27.8 Å². The van der Waals surface area contributed by atoms with Crippen LogP contribution in [0.3, 0.4) is 0 Å². The Hall–Kier alpha value is -2.54. The minimum atomic E-state index is -0.0403. The predicted molar refractivity (Wildman–Crippen MR) is 112 cm³/mol. The van der Waals surface area contributed by atoms with Crippen LogP contribution in [0, 0.1) is 13.8 Å². The van der Waals surface area contributed by atoms with Gasteiger partial charge in [0, 0.05) is 5.41 Å². The summed E-state index contributed by atoms with van der Waals surface area (Å²) in [5, 5.41) is 9.33. The Balaban J connectivity index is 0.000000228. The molecule has 0 bridgehead atoms. The van der Waals surface area contributed by atoms with Gasteiger partial charge in [0.1, 0.15) is 5.75 Å². The first kappa shape index (κ1) is 19.8. The van der Waals surface area contributed by atoms with Gasteiger partial charge in [-0.25, -0.2) is 0 Å². The van der Waals surface area contributed by atoms with Crippen LogP contribution in [0.25, 0.3) is 0 Å². The molecular formula is C25H30O. The second-order valence-electron chi connectivity index (χ2n) is 7.38. The molecule has 26 heavy (non-hydrogen) atoms. The number of hydrogen-bond acceptors (Lipinski definition) is 1. The van der Waals surface area contributed by atoms with E-state index >= 15 is 0 Å². The highest BCUT2D eigenvalue weighted by Gasteiger charge is 2.22. The monoisotopic (exact) mass is 346 g/mol. The average molecular weight is 347 g/mol. The highest BCUT2D eigenvalue weighted by Crippen LogP contribution is 2.32. The molecule has 0 saturated heterocycles. The van der Waals surface area contributed by atoms with Crippen molar-refractivity contribution in [2.45, 2.75) is 46.5 Å². The van der Waals surface area contributed by atoms with Crippen LogP contribution < -0.4 is 0 Å². The molecule has 3 aromatic carbocycles. The zero-order valence-corrected chi connectivity index (χ0v) is 16.6. The average Bonchev–Trinajstić information content (AvgIpc) is 2.64. The molecule has 136 valence electrons. The fourth-order valence-corrected chi connectivity index (χ4v) is 2.84. The molecule has 0 aliphatic rings. The number of phenols is 1. The van der Waals surface area contributed by atoms with Crippen molar-refractivity contribution in [3.05, 3.63) is 101 Å². The Bertz CT molecular complexity index is 747. The molecule has 1 heteroatoms. The van der Waals surface area contributed by atoms with Gasteiger partial charge in [-0.15, -0.1) is 0 Å². The fourth-order valence-electron chi connectivity index (χ4n) is 2.84.